The first kappa shape index (κ1) is 12.3. The van der Waals surface area contributed by atoms with E-state index in [0.29, 0.717) is 12.1 Å². The molecule has 94 valence electrons. The molecule has 0 aromatic heterocycles. The maximum absolute atomic E-state index is 6.36. The normalized spacial score (nSPS) is 35.6. The summed E-state index contributed by atoms with van der Waals surface area (Å²) in [5.41, 5.74) is 6.36. The highest BCUT2D eigenvalue weighted by Gasteiger charge is 2.27. The van der Waals surface area contributed by atoms with Crippen molar-refractivity contribution in [2.75, 3.05) is 33.2 Å². The Morgan fingerprint density at radius 3 is 2.19 bits per heavy atom. The molecular formula is C13H27N3. The second-order valence-corrected chi connectivity index (χ2v) is 5.56. The van der Waals surface area contributed by atoms with E-state index >= 15 is 0 Å². The first-order chi connectivity index (χ1) is 7.77. The van der Waals surface area contributed by atoms with Crippen molar-refractivity contribution < 1.29 is 0 Å². The predicted octanol–water partition coefficient (Wildman–Crippen LogP) is 1.28. The summed E-state index contributed by atoms with van der Waals surface area (Å²) in [4.78, 5) is 5.07. The zero-order valence-electron chi connectivity index (χ0n) is 10.7. The summed E-state index contributed by atoms with van der Waals surface area (Å²) in [6.45, 7) is 4.86. The average molecular weight is 225 g/mol. The molecule has 16 heavy (non-hydrogen) atoms. The molecule has 1 saturated carbocycles. The molecule has 3 heteroatoms. The van der Waals surface area contributed by atoms with E-state index in [-0.39, 0.29) is 0 Å². The van der Waals surface area contributed by atoms with Gasteiger partial charge in [-0.25, -0.2) is 0 Å². The Morgan fingerprint density at radius 1 is 0.875 bits per heavy atom. The van der Waals surface area contributed by atoms with Gasteiger partial charge in [-0.1, -0.05) is 25.7 Å². The second kappa shape index (κ2) is 5.99. The quantitative estimate of drug-likeness (QED) is 0.730. The minimum atomic E-state index is 0.420. The lowest BCUT2D eigenvalue weighted by molar-refractivity contribution is 0.0868. The van der Waals surface area contributed by atoms with Crippen LogP contribution in [0.5, 0.6) is 0 Å². The van der Waals surface area contributed by atoms with Gasteiger partial charge in [0.1, 0.15) is 0 Å². The number of nitrogens with two attached hydrogens (primary N) is 1. The fourth-order valence-corrected chi connectivity index (χ4v) is 3.10. The van der Waals surface area contributed by atoms with Gasteiger partial charge >= 0.3 is 0 Å². The Morgan fingerprint density at radius 2 is 1.50 bits per heavy atom. The largest absolute Gasteiger partial charge is 0.326 e. The molecule has 1 aliphatic carbocycles. The fourth-order valence-electron chi connectivity index (χ4n) is 3.10. The number of rotatable bonds is 1. The van der Waals surface area contributed by atoms with Crippen LogP contribution in [0.1, 0.15) is 38.5 Å². The van der Waals surface area contributed by atoms with E-state index in [1.54, 1.807) is 0 Å². The molecule has 0 spiro atoms. The van der Waals surface area contributed by atoms with E-state index in [9.17, 15) is 0 Å². The lowest BCUT2D eigenvalue weighted by Crippen LogP contribution is -2.55. The Bertz CT molecular complexity index is 199. The highest BCUT2D eigenvalue weighted by Crippen LogP contribution is 2.21. The van der Waals surface area contributed by atoms with Crippen LogP contribution in [0.3, 0.4) is 0 Å². The number of hydrogen-bond donors (Lipinski definition) is 1. The summed E-state index contributed by atoms with van der Waals surface area (Å²) in [7, 11) is 2.22. The van der Waals surface area contributed by atoms with Gasteiger partial charge in [0, 0.05) is 38.3 Å². The van der Waals surface area contributed by atoms with Gasteiger partial charge in [0.2, 0.25) is 0 Å². The topological polar surface area (TPSA) is 32.5 Å². The minimum Gasteiger partial charge on any atom is -0.326 e. The van der Waals surface area contributed by atoms with Crippen LogP contribution in [-0.4, -0.2) is 55.1 Å². The van der Waals surface area contributed by atoms with Crippen LogP contribution in [0.25, 0.3) is 0 Å². The Balaban J connectivity index is 1.89. The first-order valence-electron chi connectivity index (χ1n) is 6.95. The van der Waals surface area contributed by atoms with Crippen molar-refractivity contribution in [3.8, 4) is 0 Å². The van der Waals surface area contributed by atoms with E-state index in [2.05, 4.69) is 16.8 Å². The van der Waals surface area contributed by atoms with Crippen LogP contribution < -0.4 is 5.73 Å². The van der Waals surface area contributed by atoms with Crippen molar-refractivity contribution in [2.24, 2.45) is 5.73 Å². The van der Waals surface area contributed by atoms with E-state index in [0.717, 1.165) is 0 Å². The van der Waals surface area contributed by atoms with E-state index in [1.165, 1.54) is 64.7 Å². The number of piperazine rings is 1. The van der Waals surface area contributed by atoms with E-state index in [4.69, 9.17) is 5.73 Å². The van der Waals surface area contributed by atoms with Crippen LogP contribution in [-0.2, 0) is 0 Å². The summed E-state index contributed by atoms with van der Waals surface area (Å²) in [5.74, 6) is 0. The summed E-state index contributed by atoms with van der Waals surface area (Å²) in [6, 6.07) is 1.08. The second-order valence-electron chi connectivity index (χ2n) is 5.56. The smallest absolute Gasteiger partial charge is 0.0248 e. The third-order valence-electron chi connectivity index (χ3n) is 4.29. The molecule has 2 N–H and O–H groups in total. The highest BCUT2D eigenvalue weighted by atomic mass is 15.3. The molecule has 2 fully saturated rings. The summed E-state index contributed by atoms with van der Waals surface area (Å²) in [6.07, 6.45) is 8.08. The summed E-state index contributed by atoms with van der Waals surface area (Å²) < 4.78 is 0. The summed E-state index contributed by atoms with van der Waals surface area (Å²) in [5, 5.41) is 0. The molecule has 0 amide bonds. The maximum Gasteiger partial charge on any atom is 0.0248 e. The molecule has 1 saturated heterocycles. The van der Waals surface area contributed by atoms with Crippen LogP contribution in [0.15, 0.2) is 0 Å². The SMILES string of the molecule is CN1CCN(C2CCCCCCC2N)CC1. The van der Waals surface area contributed by atoms with Crippen LogP contribution in [0, 0.1) is 0 Å². The number of hydrogen-bond acceptors (Lipinski definition) is 3. The van der Waals surface area contributed by atoms with Gasteiger partial charge in [0.15, 0.2) is 0 Å². The van der Waals surface area contributed by atoms with E-state index in [1.807, 2.05) is 0 Å². The molecule has 0 aromatic rings. The molecule has 0 radical (unpaired) electrons. The van der Waals surface area contributed by atoms with Gasteiger partial charge < -0.3 is 10.6 Å². The van der Waals surface area contributed by atoms with Gasteiger partial charge in [-0.2, -0.15) is 0 Å². The zero-order chi connectivity index (χ0) is 11.4. The predicted molar refractivity (Wildman–Crippen MR) is 68.5 cm³/mol. The van der Waals surface area contributed by atoms with Gasteiger partial charge in [0.05, 0.1) is 0 Å². The highest BCUT2D eigenvalue weighted by molar-refractivity contribution is 4.86. The Kier molecular flexibility index (Phi) is 4.62. The van der Waals surface area contributed by atoms with Gasteiger partial charge in [-0.05, 0) is 19.9 Å². The molecule has 1 heterocycles. The Hall–Kier alpha value is -0.120. The van der Waals surface area contributed by atoms with Crippen molar-refractivity contribution >= 4 is 0 Å². The molecule has 2 atom stereocenters. The zero-order valence-corrected chi connectivity index (χ0v) is 10.7. The third-order valence-corrected chi connectivity index (χ3v) is 4.29. The maximum atomic E-state index is 6.36. The third kappa shape index (κ3) is 3.19. The summed E-state index contributed by atoms with van der Waals surface area (Å²) >= 11 is 0. The standard InChI is InChI=1S/C13H27N3/c1-15-8-10-16(11-9-15)13-7-5-3-2-4-6-12(13)14/h12-13H,2-11,14H2,1H3. The molecule has 0 bridgehead atoms. The lowest BCUT2D eigenvalue weighted by Gasteiger charge is -2.41. The molecule has 2 rings (SSSR count). The molecule has 2 unspecified atom stereocenters. The lowest BCUT2D eigenvalue weighted by atomic mass is 9.91. The molecule has 3 nitrogen and oxygen atoms in total. The van der Waals surface area contributed by atoms with E-state index < -0.39 is 0 Å². The monoisotopic (exact) mass is 225 g/mol. The van der Waals surface area contributed by atoms with Crippen molar-refractivity contribution in [3.05, 3.63) is 0 Å². The van der Waals surface area contributed by atoms with Gasteiger partial charge in [-0.15, -0.1) is 0 Å². The fraction of sp³-hybridized carbons (Fsp3) is 1.00. The van der Waals surface area contributed by atoms with Crippen LogP contribution in [0.4, 0.5) is 0 Å². The first-order valence-corrected chi connectivity index (χ1v) is 6.95. The molecule has 1 aliphatic heterocycles. The van der Waals surface area contributed by atoms with Crippen molar-refractivity contribution in [1.82, 2.24) is 9.80 Å². The molecular weight excluding hydrogens is 198 g/mol. The van der Waals surface area contributed by atoms with Gasteiger partial charge in [0.25, 0.3) is 0 Å². The van der Waals surface area contributed by atoms with Crippen LogP contribution in [0.2, 0.25) is 0 Å². The number of nitrogens with zero attached hydrogens (tertiary/aromatic N) is 2. The van der Waals surface area contributed by atoms with Gasteiger partial charge in [-0.3, -0.25) is 4.90 Å². The Labute approximate surface area is 100.0 Å². The molecule has 0 aromatic carbocycles. The average Bonchev–Trinajstić information content (AvgIpc) is 2.26. The van der Waals surface area contributed by atoms with Crippen molar-refractivity contribution in [1.29, 1.82) is 0 Å². The van der Waals surface area contributed by atoms with Crippen molar-refractivity contribution in [3.63, 3.8) is 0 Å². The van der Waals surface area contributed by atoms with Crippen LogP contribution >= 0.6 is 0 Å². The number of likely N-dealkylation sites (N-methyl/N-ethyl adjacent to an activating group) is 1. The van der Waals surface area contributed by atoms with Crippen molar-refractivity contribution in [2.45, 2.75) is 50.6 Å². The molecule has 2 aliphatic rings. The minimum absolute atomic E-state index is 0.420.